The van der Waals surface area contributed by atoms with Crippen molar-refractivity contribution in [3.8, 4) is 0 Å². The first-order chi connectivity index (χ1) is 6.34. The van der Waals surface area contributed by atoms with E-state index in [1.54, 1.807) is 0 Å². The summed E-state index contributed by atoms with van der Waals surface area (Å²) in [6, 6.07) is 0. The highest BCUT2D eigenvalue weighted by Gasteiger charge is 2.94. The molecule has 0 aromatic carbocycles. The van der Waals surface area contributed by atoms with Crippen LogP contribution in [0.4, 0.5) is 0 Å². The second-order valence-corrected chi connectivity index (χ2v) is 4.70. The van der Waals surface area contributed by atoms with Crippen molar-refractivity contribution in [2.24, 2.45) is 22.7 Å². The molecule has 3 rings (SSSR count). The second-order valence-electron chi connectivity index (χ2n) is 4.70. The van der Waals surface area contributed by atoms with Crippen molar-refractivity contribution >= 4 is 0 Å². The topological polar surface area (TPSA) is 0 Å². The van der Waals surface area contributed by atoms with E-state index in [1.165, 1.54) is 19.3 Å². The van der Waals surface area contributed by atoms with Crippen molar-refractivity contribution in [1.29, 1.82) is 0 Å². The maximum atomic E-state index is 4.01. The molecule has 0 aromatic rings. The van der Waals surface area contributed by atoms with Crippen LogP contribution >= 0.6 is 0 Å². The minimum Gasteiger partial charge on any atom is -0.102 e. The summed E-state index contributed by atoms with van der Waals surface area (Å²) in [4.78, 5) is 0. The molecule has 3 aliphatic carbocycles. The Morgan fingerprint density at radius 3 is 2.23 bits per heavy atom. The zero-order valence-electron chi connectivity index (χ0n) is 8.00. The summed E-state index contributed by atoms with van der Waals surface area (Å²) in [5.41, 5.74) is 1.10. The largest absolute Gasteiger partial charge is 0.102 e. The maximum Gasteiger partial charge on any atom is 0.00555 e. The first kappa shape index (κ1) is 7.61. The van der Waals surface area contributed by atoms with Crippen LogP contribution in [0.3, 0.4) is 0 Å². The number of fused-ring (bicyclic) bond motifs is 2. The molecule has 0 saturated heterocycles. The van der Waals surface area contributed by atoms with Crippen LogP contribution in [0.15, 0.2) is 37.5 Å². The third kappa shape index (κ3) is 0.535. The van der Waals surface area contributed by atoms with Crippen molar-refractivity contribution in [2.75, 3.05) is 0 Å². The summed E-state index contributed by atoms with van der Waals surface area (Å²) < 4.78 is 0. The summed E-state index contributed by atoms with van der Waals surface area (Å²) in [5.74, 6) is 1.87. The van der Waals surface area contributed by atoms with Crippen molar-refractivity contribution in [3.05, 3.63) is 37.5 Å². The quantitative estimate of drug-likeness (QED) is 0.452. The number of rotatable bonds is 3. The van der Waals surface area contributed by atoms with E-state index < -0.39 is 0 Å². The number of hydrogen-bond acceptors (Lipinski definition) is 0. The average Bonchev–Trinajstić information content (AvgIpc) is 3.01. The molecular formula is C13H16. The van der Waals surface area contributed by atoms with Gasteiger partial charge in [0.05, 0.1) is 0 Å². The van der Waals surface area contributed by atoms with Gasteiger partial charge in [0.15, 0.2) is 0 Å². The monoisotopic (exact) mass is 172 g/mol. The van der Waals surface area contributed by atoms with E-state index in [9.17, 15) is 0 Å². The van der Waals surface area contributed by atoms with E-state index in [-0.39, 0.29) is 0 Å². The molecule has 0 bridgehead atoms. The van der Waals surface area contributed by atoms with Crippen LogP contribution in [0.25, 0.3) is 0 Å². The minimum atomic E-state index is 0.546. The van der Waals surface area contributed by atoms with Gasteiger partial charge in [0.25, 0.3) is 0 Å². The van der Waals surface area contributed by atoms with Crippen LogP contribution in [0.2, 0.25) is 0 Å². The Morgan fingerprint density at radius 1 is 1.08 bits per heavy atom. The Kier molecular flexibility index (Phi) is 1.17. The highest BCUT2D eigenvalue weighted by molar-refractivity contribution is 5.53. The molecule has 13 heavy (non-hydrogen) atoms. The van der Waals surface area contributed by atoms with Crippen LogP contribution in [-0.4, -0.2) is 0 Å². The van der Waals surface area contributed by atoms with Gasteiger partial charge in [-0.2, -0.15) is 0 Å². The second kappa shape index (κ2) is 2.00. The highest BCUT2D eigenvalue weighted by atomic mass is 15.0. The van der Waals surface area contributed by atoms with Gasteiger partial charge in [-0.05, 0) is 24.7 Å². The van der Waals surface area contributed by atoms with Gasteiger partial charge in [-0.15, -0.1) is 6.58 Å². The van der Waals surface area contributed by atoms with Gasteiger partial charge in [0.1, 0.15) is 0 Å². The van der Waals surface area contributed by atoms with Crippen molar-refractivity contribution in [2.45, 2.75) is 19.3 Å². The molecule has 0 aromatic heterocycles. The first-order valence-corrected chi connectivity index (χ1v) is 5.28. The Balaban J connectivity index is 1.92. The van der Waals surface area contributed by atoms with E-state index in [0.717, 1.165) is 11.8 Å². The summed E-state index contributed by atoms with van der Waals surface area (Å²) in [5, 5.41) is 0. The van der Waals surface area contributed by atoms with Crippen LogP contribution < -0.4 is 0 Å². The molecule has 68 valence electrons. The third-order valence-electron chi connectivity index (χ3n) is 4.72. The molecule has 3 aliphatic rings. The van der Waals surface area contributed by atoms with Gasteiger partial charge >= 0.3 is 0 Å². The molecule has 4 atom stereocenters. The predicted molar refractivity (Wildman–Crippen MR) is 55.2 cm³/mol. The molecule has 0 radical (unpaired) electrons. The molecule has 3 saturated carbocycles. The minimum absolute atomic E-state index is 0.546. The normalized spacial score (nSPS) is 55.7. The molecule has 0 heterocycles. The highest BCUT2D eigenvalue weighted by Crippen LogP contribution is 2.98. The summed E-state index contributed by atoms with van der Waals surface area (Å²) in [7, 11) is 0. The Hall–Kier alpha value is -0.780. The van der Waals surface area contributed by atoms with E-state index in [2.05, 4.69) is 31.4 Å². The van der Waals surface area contributed by atoms with E-state index >= 15 is 0 Å². The lowest BCUT2D eigenvalue weighted by molar-refractivity contribution is 0.274. The lowest BCUT2D eigenvalue weighted by atomic mass is 9.79. The van der Waals surface area contributed by atoms with Gasteiger partial charge in [-0.1, -0.05) is 37.3 Å². The summed E-state index contributed by atoms with van der Waals surface area (Å²) in [6.07, 6.45) is 12.9. The smallest absolute Gasteiger partial charge is 0.00555 e. The molecule has 2 unspecified atom stereocenters. The number of hydrogen-bond donors (Lipinski definition) is 0. The molecule has 0 N–H and O–H groups in total. The Bertz CT molecular complexity index is 296. The fourth-order valence-electron chi connectivity index (χ4n) is 4.24. The van der Waals surface area contributed by atoms with Crippen molar-refractivity contribution in [3.63, 3.8) is 0 Å². The fraction of sp³-hybridized carbons (Fsp3) is 0.538. The maximum absolute atomic E-state index is 4.01. The molecular weight excluding hydrogens is 156 g/mol. The molecule has 0 amide bonds. The van der Waals surface area contributed by atoms with Gasteiger partial charge in [-0.3, -0.25) is 0 Å². The first-order valence-electron chi connectivity index (χ1n) is 5.28. The van der Waals surface area contributed by atoms with Crippen LogP contribution in [0.5, 0.6) is 0 Å². The molecule has 0 spiro atoms. The van der Waals surface area contributed by atoms with Gasteiger partial charge in [0, 0.05) is 10.8 Å². The third-order valence-corrected chi connectivity index (χ3v) is 4.72. The predicted octanol–water partition coefficient (Wildman–Crippen LogP) is 3.33. The van der Waals surface area contributed by atoms with Crippen molar-refractivity contribution in [1.82, 2.24) is 0 Å². The number of allylic oxidation sites excluding steroid dienone is 4. The SMILES string of the molecule is C=C/C=C/C12[C@@H]3CCC[C@H]1C32C=C. The summed E-state index contributed by atoms with van der Waals surface area (Å²) in [6.45, 7) is 7.75. The lowest BCUT2D eigenvalue weighted by Crippen LogP contribution is -2.17. The molecule has 0 heteroatoms. The Morgan fingerprint density at radius 2 is 1.77 bits per heavy atom. The van der Waals surface area contributed by atoms with Crippen LogP contribution in [0.1, 0.15) is 19.3 Å². The van der Waals surface area contributed by atoms with Crippen LogP contribution in [0, 0.1) is 22.7 Å². The van der Waals surface area contributed by atoms with Gasteiger partial charge in [0.2, 0.25) is 0 Å². The van der Waals surface area contributed by atoms with Gasteiger partial charge in [-0.25, -0.2) is 0 Å². The van der Waals surface area contributed by atoms with E-state index in [0.29, 0.717) is 10.8 Å². The summed E-state index contributed by atoms with van der Waals surface area (Å²) >= 11 is 0. The van der Waals surface area contributed by atoms with Gasteiger partial charge < -0.3 is 0 Å². The molecule has 0 aliphatic heterocycles. The zero-order valence-corrected chi connectivity index (χ0v) is 8.00. The average molecular weight is 172 g/mol. The standard InChI is InChI=1S/C13H16/c1-3-5-9-13-10-7-6-8-11(13)12(10,13)4-2/h3-5,9-11H,1-2,6-8H2/b9-5+/t10-,11+,12?,13?. The Labute approximate surface area is 80.0 Å². The lowest BCUT2D eigenvalue weighted by Gasteiger charge is -2.25. The van der Waals surface area contributed by atoms with Crippen LogP contribution in [-0.2, 0) is 0 Å². The fourth-order valence-corrected chi connectivity index (χ4v) is 4.24. The molecule has 3 fully saturated rings. The zero-order chi connectivity index (χ0) is 9.10. The van der Waals surface area contributed by atoms with Crippen molar-refractivity contribution < 1.29 is 0 Å². The van der Waals surface area contributed by atoms with E-state index in [4.69, 9.17) is 0 Å². The van der Waals surface area contributed by atoms with E-state index in [1.807, 2.05) is 6.08 Å². The molecule has 0 nitrogen and oxygen atoms in total.